The molecule has 0 aliphatic heterocycles. The molecule has 0 aromatic heterocycles. The number of nitrogen functional groups attached to an aromatic ring is 1. The summed E-state index contributed by atoms with van der Waals surface area (Å²) in [5, 5.41) is 0. The van der Waals surface area contributed by atoms with Gasteiger partial charge >= 0.3 is 12.4 Å². The fourth-order valence-corrected chi connectivity index (χ4v) is 1.56. The Morgan fingerprint density at radius 1 is 0.941 bits per heavy atom. The first-order valence-electron chi connectivity index (χ1n) is 4.64. The molecular formula is C10H9F6N. The highest BCUT2D eigenvalue weighted by Gasteiger charge is 2.38. The van der Waals surface area contributed by atoms with Gasteiger partial charge < -0.3 is 5.73 Å². The van der Waals surface area contributed by atoms with Crippen molar-refractivity contribution < 1.29 is 26.3 Å². The molecule has 1 aromatic carbocycles. The van der Waals surface area contributed by atoms with Gasteiger partial charge in [-0.2, -0.15) is 26.3 Å². The summed E-state index contributed by atoms with van der Waals surface area (Å²) >= 11 is 0. The third-order valence-electron chi connectivity index (χ3n) is 2.32. The van der Waals surface area contributed by atoms with Crippen molar-refractivity contribution in [3.05, 3.63) is 28.8 Å². The Bertz CT molecular complexity index is 418. The minimum atomic E-state index is -4.75. The minimum Gasteiger partial charge on any atom is -0.398 e. The fraction of sp³-hybridized carbons (Fsp3) is 0.400. The molecule has 0 aliphatic rings. The lowest BCUT2D eigenvalue weighted by Crippen LogP contribution is -2.16. The number of alkyl halides is 6. The summed E-state index contributed by atoms with van der Waals surface area (Å²) in [6.07, 6.45) is -9.67. The molecule has 1 rings (SSSR count). The largest absolute Gasteiger partial charge is 0.418 e. The quantitative estimate of drug-likeness (QED) is 0.599. The van der Waals surface area contributed by atoms with E-state index < -0.39 is 34.7 Å². The molecule has 17 heavy (non-hydrogen) atoms. The van der Waals surface area contributed by atoms with Crippen LogP contribution in [0.1, 0.15) is 23.6 Å². The first-order chi connectivity index (χ1) is 7.59. The van der Waals surface area contributed by atoms with Gasteiger partial charge in [0.2, 0.25) is 0 Å². The Morgan fingerprint density at radius 2 is 1.35 bits per heavy atom. The van der Waals surface area contributed by atoms with Crippen molar-refractivity contribution in [1.82, 2.24) is 0 Å². The SMILES string of the molecule is CCc1c(C(F)(F)F)ccc(C(F)(F)F)c1N. The summed E-state index contributed by atoms with van der Waals surface area (Å²) < 4.78 is 74.8. The van der Waals surface area contributed by atoms with E-state index in [-0.39, 0.29) is 6.42 Å². The van der Waals surface area contributed by atoms with Crippen LogP contribution in [0.25, 0.3) is 0 Å². The Morgan fingerprint density at radius 3 is 1.71 bits per heavy atom. The maximum atomic E-state index is 12.5. The monoisotopic (exact) mass is 257 g/mol. The standard InChI is InChI=1S/C10H9F6N/c1-2-5-6(9(11,12)13)3-4-7(8(5)17)10(14,15)16/h3-4H,2,17H2,1H3. The molecule has 7 heteroatoms. The van der Waals surface area contributed by atoms with E-state index >= 15 is 0 Å². The minimum absolute atomic E-state index is 0.218. The predicted octanol–water partition coefficient (Wildman–Crippen LogP) is 3.87. The summed E-state index contributed by atoms with van der Waals surface area (Å²) in [6.45, 7) is 1.32. The summed E-state index contributed by atoms with van der Waals surface area (Å²) in [6, 6.07) is 0.773. The number of halogens is 6. The van der Waals surface area contributed by atoms with Gasteiger partial charge in [-0.05, 0) is 24.1 Å². The summed E-state index contributed by atoms with van der Waals surface area (Å²) in [5.74, 6) is 0. The summed E-state index contributed by atoms with van der Waals surface area (Å²) in [5.41, 5.74) is 1.43. The topological polar surface area (TPSA) is 26.0 Å². The Labute approximate surface area is 93.2 Å². The molecule has 1 aromatic rings. The molecule has 0 aliphatic carbocycles. The lowest BCUT2D eigenvalue weighted by atomic mass is 9.98. The van der Waals surface area contributed by atoms with Crippen molar-refractivity contribution in [2.24, 2.45) is 0 Å². The second-order valence-corrected chi connectivity index (χ2v) is 3.40. The highest BCUT2D eigenvalue weighted by Crippen LogP contribution is 2.40. The number of hydrogen-bond acceptors (Lipinski definition) is 1. The van der Waals surface area contributed by atoms with E-state index in [1.165, 1.54) is 6.92 Å². The van der Waals surface area contributed by atoms with Gasteiger partial charge in [0.05, 0.1) is 11.1 Å². The van der Waals surface area contributed by atoms with Gasteiger partial charge in [-0.3, -0.25) is 0 Å². The van der Waals surface area contributed by atoms with Crippen molar-refractivity contribution in [1.29, 1.82) is 0 Å². The average Bonchev–Trinajstić information content (AvgIpc) is 2.13. The van der Waals surface area contributed by atoms with Crippen LogP contribution in [0.2, 0.25) is 0 Å². The molecule has 0 radical (unpaired) electrons. The molecule has 0 saturated carbocycles. The lowest BCUT2D eigenvalue weighted by molar-refractivity contribution is -0.141. The maximum absolute atomic E-state index is 12.5. The summed E-state index contributed by atoms with van der Waals surface area (Å²) in [7, 11) is 0. The number of benzene rings is 1. The zero-order valence-electron chi connectivity index (χ0n) is 8.71. The van der Waals surface area contributed by atoms with E-state index in [0.717, 1.165) is 0 Å². The highest BCUT2D eigenvalue weighted by atomic mass is 19.4. The molecule has 0 heterocycles. The van der Waals surface area contributed by atoms with Crippen molar-refractivity contribution >= 4 is 5.69 Å². The van der Waals surface area contributed by atoms with Crippen LogP contribution in [-0.4, -0.2) is 0 Å². The number of rotatable bonds is 1. The van der Waals surface area contributed by atoms with Gasteiger partial charge in [0, 0.05) is 5.69 Å². The molecule has 1 nitrogen and oxygen atoms in total. The molecule has 96 valence electrons. The van der Waals surface area contributed by atoms with Crippen LogP contribution in [-0.2, 0) is 18.8 Å². The number of nitrogens with two attached hydrogens (primary N) is 1. The predicted molar refractivity (Wildman–Crippen MR) is 50.2 cm³/mol. The van der Waals surface area contributed by atoms with E-state index in [4.69, 9.17) is 5.73 Å². The van der Waals surface area contributed by atoms with Gasteiger partial charge in [-0.1, -0.05) is 6.92 Å². The second kappa shape index (κ2) is 4.12. The van der Waals surface area contributed by atoms with Gasteiger partial charge in [0.15, 0.2) is 0 Å². The van der Waals surface area contributed by atoms with Gasteiger partial charge in [0.1, 0.15) is 0 Å². The van der Waals surface area contributed by atoms with E-state index in [9.17, 15) is 26.3 Å². The number of anilines is 1. The van der Waals surface area contributed by atoms with Crippen LogP contribution >= 0.6 is 0 Å². The van der Waals surface area contributed by atoms with E-state index in [1.807, 2.05) is 0 Å². The molecule has 0 amide bonds. The molecule has 0 bridgehead atoms. The van der Waals surface area contributed by atoms with Crippen molar-refractivity contribution in [3.8, 4) is 0 Å². The zero-order valence-corrected chi connectivity index (χ0v) is 8.71. The maximum Gasteiger partial charge on any atom is 0.418 e. The van der Waals surface area contributed by atoms with Gasteiger partial charge in [0.25, 0.3) is 0 Å². The second-order valence-electron chi connectivity index (χ2n) is 3.40. The third kappa shape index (κ3) is 2.65. The van der Waals surface area contributed by atoms with Crippen LogP contribution < -0.4 is 5.73 Å². The van der Waals surface area contributed by atoms with Crippen LogP contribution in [0.3, 0.4) is 0 Å². The molecule has 0 spiro atoms. The smallest absolute Gasteiger partial charge is 0.398 e. The molecular weight excluding hydrogens is 248 g/mol. The molecule has 0 fully saturated rings. The normalized spacial score (nSPS) is 12.9. The summed E-state index contributed by atoms with van der Waals surface area (Å²) in [4.78, 5) is 0. The van der Waals surface area contributed by atoms with Gasteiger partial charge in [-0.15, -0.1) is 0 Å². The van der Waals surface area contributed by atoms with Crippen molar-refractivity contribution in [2.75, 3.05) is 5.73 Å². The average molecular weight is 257 g/mol. The Balaban J connectivity index is 3.49. The lowest BCUT2D eigenvalue weighted by Gasteiger charge is -2.18. The molecule has 2 N–H and O–H groups in total. The molecule has 0 atom stereocenters. The van der Waals surface area contributed by atoms with Crippen LogP contribution in [0.15, 0.2) is 12.1 Å². The first kappa shape index (κ1) is 13.7. The van der Waals surface area contributed by atoms with E-state index in [1.54, 1.807) is 0 Å². The zero-order chi connectivity index (χ0) is 13.4. The fourth-order valence-electron chi connectivity index (χ4n) is 1.56. The Hall–Kier alpha value is -1.40. The van der Waals surface area contributed by atoms with Crippen molar-refractivity contribution in [3.63, 3.8) is 0 Å². The van der Waals surface area contributed by atoms with Crippen LogP contribution in [0, 0.1) is 0 Å². The molecule has 0 unspecified atom stereocenters. The highest BCUT2D eigenvalue weighted by molar-refractivity contribution is 5.59. The first-order valence-corrected chi connectivity index (χ1v) is 4.64. The van der Waals surface area contributed by atoms with Crippen molar-refractivity contribution in [2.45, 2.75) is 25.7 Å². The Kier molecular flexibility index (Phi) is 3.31. The number of hydrogen-bond donors (Lipinski definition) is 1. The van der Waals surface area contributed by atoms with Gasteiger partial charge in [-0.25, -0.2) is 0 Å². The molecule has 0 saturated heterocycles. The van der Waals surface area contributed by atoms with E-state index in [0.29, 0.717) is 12.1 Å². The van der Waals surface area contributed by atoms with Crippen LogP contribution in [0.5, 0.6) is 0 Å². The van der Waals surface area contributed by atoms with E-state index in [2.05, 4.69) is 0 Å². The third-order valence-corrected chi connectivity index (χ3v) is 2.32. The van der Waals surface area contributed by atoms with Crippen LogP contribution in [0.4, 0.5) is 32.0 Å².